The molecule has 8 heteroatoms. The van der Waals surface area contributed by atoms with Gasteiger partial charge in [0.1, 0.15) is 17.8 Å². The molecule has 0 atom stereocenters. The van der Waals surface area contributed by atoms with Crippen LogP contribution in [0.4, 0.5) is 5.69 Å². The Bertz CT molecular complexity index is 1010. The van der Waals surface area contributed by atoms with Crippen molar-refractivity contribution in [2.24, 2.45) is 0 Å². The van der Waals surface area contributed by atoms with Gasteiger partial charge in [-0.25, -0.2) is 4.98 Å². The second kappa shape index (κ2) is 10.3. The third-order valence-electron chi connectivity index (χ3n) is 5.52. The van der Waals surface area contributed by atoms with E-state index in [0.717, 1.165) is 44.2 Å². The number of nitrogens with zero attached hydrogens (tertiary/aromatic N) is 3. The highest BCUT2D eigenvalue weighted by Crippen LogP contribution is 2.17. The fraction of sp³-hybridized carbons (Fsp3) is 0.333. The summed E-state index contributed by atoms with van der Waals surface area (Å²) in [7, 11) is 3.28. The van der Waals surface area contributed by atoms with E-state index in [4.69, 9.17) is 13.9 Å². The number of hydrogen-bond donors (Lipinski definition) is 1. The number of carbonyl (C=O) groups excluding carboxylic acids is 1. The van der Waals surface area contributed by atoms with Crippen LogP contribution in [0.15, 0.2) is 59.2 Å². The molecule has 8 nitrogen and oxygen atoms in total. The number of methoxy groups -OCH3 is 2. The van der Waals surface area contributed by atoms with Gasteiger partial charge in [0.2, 0.25) is 5.89 Å². The molecule has 2 aromatic carbocycles. The number of oxazole rings is 1. The normalized spacial score (nSPS) is 14.8. The van der Waals surface area contributed by atoms with Crippen LogP contribution in [0.25, 0.3) is 0 Å². The van der Waals surface area contributed by atoms with Gasteiger partial charge in [-0.3, -0.25) is 14.6 Å². The number of ether oxygens (including phenoxy) is 2. The average Bonchev–Trinajstić information content (AvgIpc) is 3.30. The number of carbonyl (C=O) groups is 1. The minimum atomic E-state index is -0.297. The number of nitrogens with one attached hydrogen (secondary N) is 1. The molecule has 0 bridgehead atoms. The second-order valence-electron chi connectivity index (χ2n) is 7.71. The first-order valence-corrected chi connectivity index (χ1v) is 10.6. The summed E-state index contributed by atoms with van der Waals surface area (Å²) in [5.41, 5.74) is 2.22. The molecular formula is C24H28N4O4. The number of hydrogen-bond acceptors (Lipinski definition) is 7. The van der Waals surface area contributed by atoms with E-state index in [1.807, 2.05) is 12.1 Å². The molecule has 1 amide bonds. The molecule has 1 N–H and O–H groups in total. The molecule has 1 fully saturated rings. The van der Waals surface area contributed by atoms with Crippen LogP contribution in [0.2, 0.25) is 0 Å². The van der Waals surface area contributed by atoms with Crippen LogP contribution in [0.1, 0.15) is 21.9 Å². The van der Waals surface area contributed by atoms with Crippen molar-refractivity contribution < 1.29 is 18.7 Å². The summed E-state index contributed by atoms with van der Waals surface area (Å²) in [5.74, 6) is 1.86. The number of amides is 1. The zero-order valence-electron chi connectivity index (χ0n) is 18.4. The molecule has 1 aliphatic heterocycles. The van der Waals surface area contributed by atoms with Gasteiger partial charge >= 0.3 is 0 Å². The summed E-state index contributed by atoms with van der Waals surface area (Å²) in [6.45, 7) is 5.30. The van der Waals surface area contributed by atoms with Gasteiger partial charge in [-0.15, -0.1) is 0 Å². The largest absolute Gasteiger partial charge is 0.497 e. The van der Waals surface area contributed by atoms with Gasteiger partial charge in [0.25, 0.3) is 5.91 Å². The van der Waals surface area contributed by atoms with Crippen molar-refractivity contribution in [1.29, 1.82) is 0 Å². The molecule has 32 heavy (non-hydrogen) atoms. The maximum absolute atomic E-state index is 12.4. The monoisotopic (exact) mass is 436 g/mol. The minimum absolute atomic E-state index is 0.272. The summed E-state index contributed by atoms with van der Waals surface area (Å²) in [6, 6.07) is 15.3. The Balaban J connectivity index is 1.24. The number of rotatable bonds is 8. The Labute approximate surface area is 187 Å². The third kappa shape index (κ3) is 5.66. The quantitative estimate of drug-likeness (QED) is 0.581. The van der Waals surface area contributed by atoms with E-state index in [-0.39, 0.29) is 11.6 Å². The van der Waals surface area contributed by atoms with Crippen LogP contribution >= 0.6 is 0 Å². The van der Waals surface area contributed by atoms with Gasteiger partial charge in [0.05, 0.1) is 20.8 Å². The molecule has 0 unspecified atom stereocenters. The van der Waals surface area contributed by atoms with E-state index in [9.17, 15) is 4.79 Å². The molecule has 0 radical (unpaired) electrons. The Kier molecular flexibility index (Phi) is 7.03. The zero-order chi connectivity index (χ0) is 22.3. The molecule has 168 valence electrons. The van der Waals surface area contributed by atoms with E-state index in [1.54, 1.807) is 38.5 Å². The third-order valence-corrected chi connectivity index (χ3v) is 5.52. The lowest BCUT2D eigenvalue weighted by molar-refractivity contribution is 0.102. The highest BCUT2D eigenvalue weighted by Gasteiger charge is 2.20. The van der Waals surface area contributed by atoms with E-state index in [1.165, 1.54) is 11.8 Å². The standard InChI is InChI=1S/C24H28N4O4/c1-30-20-7-3-18(4-8-20)15-27-11-13-28(14-12-27)16-23-26-22(17-32-23)24(29)25-19-5-9-21(31-2)10-6-19/h3-10,17H,11-16H2,1-2H3,(H,25,29). The topological polar surface area (TPSA) is 80.1 Å². The van der Waals surface area contributed by atoms with Crippen molar-refractivity contribution in [2.45, 2.75) is 13.1 Å². The van der Waals surface area contributed by atoms with Crippen LogP contribution in [0.3, 0.4) is 0 Å². The SMILES string of the molecule is COc1ccc(CN2CCN(Cc3nc(C(=O)Nc4ccc(OC)cc4)co3)CC2)cc1. The summed E-state index contributed by atoms with van der Waals surface area (Å²) < 4.78 is 15.9. The van der Waals surface area contributed by atoms with Gasteiger partial charge < -0.3 is 19.2 Å². The van der Waals surface area contributed by atoms with Crippen molar-refractivity contribution in [2.75, 3.05) is 45.7 Å². The van der Waals surface area contributed by atoms with E-state index < -0.39 is 0 Å². The minimum Gasteiger partial charge on any atom is -0.497 e. The Morgan fingerprint density at radius 1 is 0.906 bits per heavy atom. The molecule has 1 saturated heterocycles. The maximum atomic E-state index is 12.4. The molecule has 1 aromatic heterocycles. The van der Waals surface area contributed by atoms with Crippen molar-refractivity contribution >= 4 is 11.6 Å². The van der Waals surface area contributed by atoms with Gasteiger partial charge in [-0.2, -0.15) is 0 Å². The smallest absolute Gasteiger partial charge is 0.277 e. The van der Waals surface area contributed by atoms with Crippen LogP contribution in [-0.2, 0) is 13.1 Å². The molecule has 0 saturated carbocycles. The van der Waals surface area contributed by atoms with Gasteiger partial charge in [-0.05, 0) is 42.0 Å². The van der Waals surface area contributed by atoms with Gasteiger partial charge in [0, 0.05) is 38.4 Å². The lowest BCUT2D eigenvalue weighted by Crippen LogP contribution is -2.45. The van der Waals surface area contributed by atoms with Crippen molar-refractivity contribution in [3.63, 3.8) is 0 Å². The van der Waals surface area contributed by atoms with Crippen molar-refractivity contribution in [1.82, 2.24) is 14.8 Å². The average molecular weight is 437 g/mol. The predicted molar refractivity (Wildman–Crippen MR) is 121 cm³/mol. The molecule has 2 heterocycles. The number of benzene rings is 2. The van der Waals surface area contributed by atoms with Crippen LogP contribution in [0, 0.1) is 0 Å². The summed E-state index contributed by atoms with van der Waals surface area (Å²) in [4.78, 5) is 21.5. The summed E-state index contributed by atoms with van der Waals surface area (Å²) in [5, 5.41) is 2.82. The van der Waals surface area contributed by atoms with Crippen LogP contribution < -0.4 is 14.8 Å². The second-order valence-corrected chi connectivity index (χ2v) is 7.71. The highest BCUT2D eigenvalue weighted by molar-refractivity contribution is 6.02. The lowest BCUT2D eigenvalue weighted by Gasteiger charge is -2.34. The zero-order valence-corrected chi connectivity index (χ0v) is 18.4. The molecule has 3 aromatic rings. The summed E-state index contributed by atoms with van der Waals surface area (Å²) in [6.07, 6.45) is 1.41. The van der Waals surface area contributed by atoms with E-state index in [2.05, 4.69) is 32.2 Å². The Morgan fingerprint density at radius 2 is 1.47 bits per heavy atom. The number of aromatic nitrogens is 1. The predicted octanol–water partition coefficient (Wildman–Crippen LogP) is 3.26. The fourth-order valence-corrected chi connectivity index (χ4v) is 3.64. The molecule has 1 aliphatic rings. The van der Waals surface area contributed by atoms with Crippen molar-refractivity contribution in [3.05, 3.63) is 71.9 Å². The number of anilines is 1. The first kappa shape index (κ1) is 21.9. The fourth-order valence-electron chi connectivity index (χ4n) is 3.64. The first-order valence-electron chi connectivity index (χ1n) is 10.6. The maximum Gasteiger partial charge on any atom is 0.277 e. The number of piperazine rings is 1. The Morgan fingerprint density at radius 3 is 2.06 bits per heavy atom. The van der Waals surface area contributed by atoms with Crippen LogP contribution in [0.5, 0.6) is 11.5 Å². The molecule has 0 spiro atoms. The van der Waals surface area contributed by atoms with Crippen molar-refractivity contribution in [3.8, 4) is 11.5 Å². The molecular weight excluding hydrogens is 408 g/mol. The summed E-state index contributed by atoms with van der Waals surface area (Å²) >= 11 is 0. The molecule has 4 rings (SSSR count). The first-order chi connectivity index (χ1) is 15.6. The van der Waals surface area contributed by atoms with E-state index in [0.29, 0.717) is 18.1 Å². The van der Waals surface area contributed by atoms with E-state index >= 15 is 0 Å². The van der Waals surface area contributed by atoms with Gasteiger partial charge in [0.15, 0.2) is 5.69 Å². The van der Waals surface area contributed by atoms with Gasteiger partial charge in [-0.1, -0.05) is 12.1 Å². The Hall–Kier alpha value is -3.36. The lowest BCUT2D eigenvalue weighted by atomic mass is 10.2. The van der Waals surface area contributed by atoms with Crippen LogP contribution in [-0.4, -0.2) is 61.1 Å². The highest BCUT2D eigenvalue weighted by atomic mass is 16.5. The molecule has 0 aliphatic carbocycles.